The maximum absolute atomic E-state index is 10.2. The number of aliphatic hydroxyl groups is 1. The lowest BCUT2D eigenvalue weighted by atomic mass is 9.94. The summed E-state index contributed by atoms with van der Waals surface area (Å²) in [6.07, 6.45) is 0.681. The third kappa shape index (κ3) is 4.52. The second-order valence-electron chi connectivity index (χ2n) is 5.13. The largest absolute Gasteiger partial charge is 0.388 e. The molecule has 0 aliphatic rings. The number of hydrogen-bond acceptors (Lipinski definition) is 4. The van der Waals surface area contributed by atoms with Gasteiger partial charge in [0, 0.05) is 6.54 Å². The van der Waals surface area contributed by atoms with E-state index in [1.807, 2.05) is 0 Å². The molecule has 1 atom stereocenters. The highest BCUT2D eigenvalue weighted by Gasteiger charge is 2.22. The van der Waals surface area contributed by atoms with Crippen molar-refractivity contribution in [1.29, 1.82) is 0 Å². The van der Waals surface area contributed by atoms with Crippen LogP contribution < -0.4 is 11.1 Å². The molecule has 0 aromatic carbocycles. The highest BCUT2D eigenvalue weighted by Crippen LogP contribution is 2.28. The van der Waals surface area contributed by atoms with Crippen LogP contribution in [0.2, 0.25) is 10.0 Å². The van der Waals surface area contributed by atoms with Gasteiger partial charge in [0.1, 0.15) is 11.6 Å². The monoisotopic (exact) mass is 291 g/mol. The van der Waals surface area contributed by atoms with Crippen LogP contribution in [0.4, 0.5) is 11.6 Å². The van der Waals surface area contributed by atoms with Gasteiger partial charge in [0.2, 0.25) is 0 Å². The molecule has 4 nitrogen and oxygen atoms in total. The highest BCUT2D eigenvalue weighted by atomic mass is 35.5. The first-order valence-corrected chi connectivity index (χ1v) is 6.54. The van der Waals surface area contributed by atoms with Gasteiger partial charge in [-0.2, -0.15) is 0 Å². The van der Waals surface area contributed by atoms with Crippen molar-refractivity contribution < 1.29 is 5.11 Å². The number of aromatic nitrogens is 1. The third-order valence-corrected chi connectivity index (χ3v) is 3.03. The van der Waals surface area contributed by atoms with E-state index < -0.39 is 5.60 Å². The van der Waals surface area contributed by atoms with E-state index >= 15 is 0 Å². The van der Waals surface area contributed by atoms with Gasteiger partial charge in [-0.25, -0.2) is 4.98 Å². The molecule has 0 saturated heterocycles. The molecule has 0 amide bonds. The van der Waals surface area contributed by atoms with Crippen LogP contribution >= 0.6 is 23.2 Å². The first-order valence-electron chi connectivity index (χ1n) is 5.79. The van der Waals surface area contributed by atoms with Gasteiger partial charge in [0.25, 0.3) is 0 Å². The molecule has 102 valence electrons. The molecule has 1 rings (SSSR count). The van der Waals surface area contributed by atoms with Crippen LogP contribution in [0.5, 0.6) is 0 Å². The molecular weight excluding hydrogens is 273 g/mol. The van der Waals surface area contributed by atoms with Crippen molar-refractivity contribution in [2.75, 3.05) is 17.6 Å². The number of halogens is 2. The zero-order valence-corrected chi connectivity index (χ0v) is 12.3. The van der Waals surface area contributed by atoms with Gasteiger partial charge in [-0.05, 0) is 25.3 Å². The van der Waals surface area contributed by atoms with E-state index in [1.54, 1.807) is 6.92 Å². The Morgan fingerprint density at radius 3 is 2.61 bits per heavy atom. The van der Waals surface area contributed by atoms with E-state index in [0.717, 1.165) is 0 Å². The Labute approximate surface area is 117 Å². The van der Waals surface area contributed by atoms with Gasteiger partial charge >= 0.3 is 0 Å². The Kier molecular flexibility index (Phi) is 5.08. The molecule has 18 heavy (non-hydrogen) atoms. The molecule has 0 aliphatic carbocycles. The summed E-state index contributed by atoms with van der Waals surface area (Å²) in [6, 6.07) is 1.53. The number of nitrogens with zero attached hydrogens (tertiary/aromatic N) is 1. The van der Waals surface area contributed by atoms with Crippen LogP contribution in [0.25, 0.3) is 0 Å². The van der Waals surface area contributed by atoms with Crippen molar-refractivity contribution in [2.45, 2.75) is 32.8 Å². The van der Waals surface area contributed by atoms with E-state index in [2.05, 4.69) is 24.1 Å². The minimum absolute atomic E-state index is 0.215. The summed E-state index contributed by atoms with van der Waals surface area (Å²) in [5.74, 6) is 1.05. The van der Waals surface area contributed by atoms with Crippen molar-refractivity contribution in [2.24, 2.45) is 5.92 Å². The first kappa shape index (κ1) is 15.3. The van der Waals surface area contributed by atoms with E-state index in [0.29, 0.717) is 34.7 Å². The molecule has 4 N–H and O–H groups in total. The van der Waals surface area contributed by atoms with Crippen molar-refractivity contribution in [1.82, 2.24) is 4.98 Å². The Balaban J connectivity index is 2.72. The van der Waals surface area contributed by atoms with Gasteiger partial charge in [-0.3, -0.25) is 0 Å². The van der Waals surface area contributed by atoms with Crippen LogP contribution in [0.15, 0.2) is 6.07 Å². The van der Waals surface area contributed by atoms with Crippen molar-refractivity contribution >= 4 is 34.8 Å². The van der Waals surface area contributed by atoms with E-state index in [1.165, 1.54) is 6.07 Å². The summed E-state index contributed by atoms with van der Waals surface area (Å²) in [5.41, 5.74) is 4.78. The fraction of sp³-hybridized carbons (Fsp3) is 0.583. The maximum Gasteiger partial charge on any atom is 0.147 e. The first-order chi connectivity index (χ1) is 8.21. The second kappa shape index (κ2) is 5.95. The SMILES string of the molecule is CC(C)CC(C)(O)CNc1nc(N)c(Cl)cc1Cl. The average molecular weight is 292 g/mol. The lowest BCUT2D eigenvalue weighted by molar-refractivity contribution is 0.0515. The molecule has 0 radical (unpaired) electrons. The molecule has 1 aromatic heterocycles. The Bertz CT molecular complexity index is 422. The number of hydrogen-bond donors (Lipinski definition) is 3. The predicted molar refractivity (Wildman–Crippen MR) is 77.2 cm³/mol. The summed E-state index contributed by atoms with van der Waals surface area (Å²) in [6.45, 7) is 6.23. The van der Waals surface area contributed by atoms with Gasteiger partial charge in [-0.15, -0.1) is 0 Å². The molecule has 0 spiro atoms. The zero-order chi connectivity index (χ0) is 13.9. The van der Waals surface area contributed by atoms with Gasteiger partial charge in [0.05, 0.1) is 15.6 Å². The smallest absolute Gasteiger partial charge is 0.147 e. The minimum atomic E-state index is -0.826. The van der Waals surface area contributed by atoms with Crippen LogP contribution in [0.1, 0.15) is 27.2 Å². The molecule has 1 aromatic rings. The molecule has 6 heteroatoms. The molecule has 1 heterocycles. The van der Waals surface area contributed by atoms with Crippen molar-refractivity contribution in [3.8, 4) is 0 Å². The summed E-state index contributed by atoms with van der Waals surface area (Å²) >= 11 is 11.8. The number of anilines is 2. The van der Waals surface area contributed by atoms with Gasteiger partial charge in [-0.1, -0.05) is 37.0 Å². The highest BCUT2D eigenvalue weighted by molar-refractivity contribution is 6.37. The molecule has 1 unspecified atom stereocenters. The zero-order valence-electron chi connectivity index (χ0n) is 10.8. The number of rotatable bonds is 5. The summed E-state index contributed by atoms with van der Waals surface area (Å²) in [7, 11) is 0. The topological polar surface area (TPSA) is 71.2 Å². The number of nitrogen functional groups attached to an aromatic ring is 1. The third-order valence-electron chi connectivity index (χ3n) is 2.44. The van der Waals surface area contributed by atoms with Crippen molar-refractivity contribution in [3.63, 3.8) is 0 Å². The molecule has 0 bridgehead atoms. The summed E-state index contributed by atoms with van der Waals surface area (Å²) < 4.78 is 0. The number of pyridine rings is 1. The fourth-order valence-electron chi connectivity index (χ4n) is 1.83. The Hall–Kier alpha value is -0.710. The number of nitrogens with one attached hydrogen (secondary N) is 1. The van der Waals surface area contributed by atoms with Gasteiger partial charge < -0.3 is 16.2 Å². The number of nitrogens with two attached hydrogens (primary N) is 1. The molecule has 0 aliphatic heterocycles. The molecular formula is C12H19Cl2N3O. The maximum atomic E-state index is 10.2. The van der Waals surface area contributed by atoms with E-state index in [9.17, 15) is 5.11 Å². The minimum Gasteiger partial charge on any atom is -0.388 e. The Morgan fingerprint density at radius 2 is 2.06 bits per heavy atom. The lowest BCUT2D eigenvalue weighted by Crippen LogP contribution is -2.35. The van der Waals surface area contributed by atoms with Crippen LogP contribution in [0, 0.1) is 5.92 Å². The lowest BCUT2D eigenvalue weighted by Gasteiger charge is -2.26. The normalized spacial score (nSPS) is 14.6. The summed E-state index contributed by atoms with van der Waals surface area (Å²) in [4.78, 5) is 4.05. The van der Waals surface area contributed by atoms with Crippen LogP contribution in [-0.4, -0.2) is 22.2 Å². The van der Waals surface area contributed by atoms with E-state index in [-0.39, 0.29) is 5.82 Å². The van der Waals surface area contributed by atoms with Crippen molar-refractivity contribution in [3.05, 3.63) is 16.1 Å². The molecule has 0 fully saturated rings. The molecule has 0 saturated carbocycles. The standard InChI is InChI=1S/C12H19Cl2N3O/c1-7(2)5-12(3,18)6-16-11-9(14)4-8(13)10(15)17-11/h4,7,18H,5-6H2,1-3H3,(H3,15,16,17). The average Bonchev–Trinajstić information content (AvgIpc) is 2.19. The Morgan fingerprint density at radius 1 is 1.44 bits per heavy atom. The second-order valence-corrected chi connectivity index (χ2v) is 5.95. The van der Waals surface area contributed by atoms with E-state index in [4.69, 9.17) is 28.9 Å². The van der Waals surface area contributed by atoms with Crippen LogP contribution in [0.3, 0.4) is 0 Å². The summed E-state index contributed by atoms with van der Waals surface area (Å²) in [5, 5.41) is 13.9. The quantitative estimate of drug-likeness (QED) is 0.779. The fourth-order valence-corrected chi connectivity index (χ4v) is 2.26. The predicted octanol–water partition coefficient (Wildman–Crippen LogP) is 3.18. The van der Waals surface area contributed by atoms with Crippen LogP contribution in [-0.2, 0) is 0 Å². The van der Waals surface area contributed by atoms with Gasteiger partial charge in [0.15, 0.2) is 0 Å².